The number of ether oxygens (including phenoxy) is 1. The minimum atomic E-state index is -3.68. The number of nitro benzene ring substituents is 1. The number of sulfonamides is 1. The summed E-state index contributed by atoms with van der Waals surface area (Å²) < 4.78 is 33.2. The van der Waals surface area contributed by atoms with Gasteiger partial charge in [-0.25, -0.2) is 8.42 Å². The highest BCUT2D eigenvalue weighted by molar-refractivity contribution is 7.89. The van der Waals surface area contributed by atoms with Crippen LogP contribution in [0.15, 0.2) is 47.4 Å². The van der Waals surface area contributed by atoms with Crippen molar-refractivity contribution >= 4 is 38.7 Å². The smallest absolute Gasteiger partial charge is 0.292 e. The average molecular weight is 504 g/mol. The van der Waals surface area contributed by atoms with Gasteiger partial charge in [0.1, 0.15) is 5.69 Å². The first-order chi connectivity index (χ1) is 16.7. The Bertz CT molecular complexity index is 1170. The van der Waals surface area contributed by atoms with Crippen molar-refractivity contribution in [3.05, 3.63) is 52.6 Å². The Balaban J connectivity index is 1.42. The van der Waals surface area contributed by atoms with Crippen molar-refractivity contribution in [2.45, 2.75) is 30.8 Å². The van der Waals surface area contributed by atoms with Gasteiger partial charge in [0, 0.05) is 63.7 Å². The summed E-state index contributed by atoms with van der Waals surface area (Å²) in [6, 6.07) is 11.0. The maximum absolute atomic E-state index is 13.1. The van der Waals surface area contributed by atoms with Gasteiger partial charge in [0.05, 0.1) is 15.9 Å². The molecule has 0 spiro atoms. The van der Waals surface area contributed by atoms with Gasteiger partial charge in [0.25, 0.3) is 5.69 Å². The summed E-state index contributed by atoms with van der Waals surface area (Å²) in [6.45, 7) is 4.06. The van der Waals surface area contributed by atoms with Crippen LogP contribution in [0.5, 0.6) is 0 Å². The molecule has 0 bridgehead atoms. The molecule has 1 amide bonds. The average Bonchev–Trinajstić information content (AvgIpc) is 3.36. The first-order valence-electron chi connectivity index (χ1n) is 11.5. The Morgan fingerprint density at radius 3 is 2.46 bits per heavy atom. The van der Waals surface area contributed by atoms with Crippen molar-refractivity contribution in [3.63, 3.8) is 0 Å². The van der Waals surface area contributed by atoms with E-state index in [1.807, 2.05) is 4.90 Å². The van der Waals surface area contributed by atoms with E-state index in [4.69, 9.17) is 4.74 Å². The summed E-state index contributed by atoms with van der Waals surface area (Å²) >= 11 is 0. The number of piperazine rings is 1. The predicted octanol–water partition coefficient (Wildman–Crippen LogP) is 2.66. The number of benzene rings is 2. The molecule has 2 saturated heterocycles. The normalized spacial score (nSPS) is 18.9. The van der Waals surface area contributed by atoms with Gasteiger partial charge in [-0.05, 0) is 49.2 Å². The van der Waals surface area contributed by atoms with Crippen LogP contribution in [-0.2, 0) is 19.6 Å². The molecule has 0 aromatic heterocycles. The zero-order valence-corrected chi connectivity index (χ0v) is 20.3. The molecular weight excluding hydrogens is 474 g/mol. The van der Waals surface area contributed by atoms with Crippen LogP contribution in [0.4, 0.5) is 22.7 Å². The Morgan fingerprint density at radius 1 is 1.14 bits per heavy atom. The maximum atomic E-state index is 13.1. The van der Waals surface area contributed by atoms with E-state index in [-0.39, 0.29) is 35.7 Å². The summed E-state index contributed by atoms with van der Waals surface area (Å²) in [5, 5.41) is 17.3. The van der Waals surface area contributed by atoms with Gasteiger partial charge in [0.2, 0.25) is 15.9 Å². The third-order valence-corrected chi connectivity index (χ3v) is 8.05. The highest BCUT2D eigenvalue weighted by Gasteiger charge is 2.29. The molecular formula is C23H29N5O6S. The van der Waals surface area contributed by atoms with Gasteiger partial charge in [-0.3, -0.25) is 14.9 Å². The fourth-order valence-electron chi connectivity index (χ4n) is 4.30. The standard InChI is InChI=1S/C23H29N5O6S/c1-17(29)25-18-4-7-21(8-5-18)35(32,33)27-12-10-26(11-13-27)19-6-9-23(28(30)31)22(15-19)24-16-20-3-2-14-34-20/h4-9,15,20,24H,2-3,10-14,16H2,1H3,(H,25,29). The van der Waals surface area contributed by atoms with Crippen molar-refractivity contribution in [2.75, 3.05) is 54.9 Å². The van der Waals surface area contributed by atoms with E-state index in [0.717, 1.165) is 18.5 Å². The summed E-state index contributed by atoms with van der Waals surface area (Å²) in [5.41, 5.74) is 1.75. The molecule has 4 rings (SSSR count). The molecule has 12 heteroatoms. The molecule has 2 N–H and O–H groups in total. The number of rotatable bonds is 8. The van der Waals surface area contributed by atoms with Gasteiger partial charge >= 0.3 is 0 Å². The highest BCUT2D eigenvalue weighted by atomic mass is 32.2. The Hall–Kier alpha value is -3.22. The Labute approximate surface area is 204 Å². The molecule has 2 aliphatic heterocycles. The van der Waals surface area contributed by atoms with Gasteiger partial charge in [-0.1, -0.05) is 0 Å². The molecule has 2 heterocycles. The quantitative estimate of drug-likeness (QED) is 0.415. The minimum Gasteiger partial charge on any atom is -0.377 e. The van der Waals surface area contributed by atoms with E-state index < -0.39 is 14.9 Å². The third kappa shape index (κ3) is 5.89. The van der Waals surface area contributed by atoms with E-state index in [9.17, 15) is 23.3 Å². The third-order valence-electron chi connectivity index (χ3n) is 6.14. The lowest BCUT2D eigenvalue weighted by molar-refractivity contribution is -0.384. The molecule has 35 heavy (non-hydrogen) atoms. The van der Waals surface area contributed by atoms with Crippen LogP contribution in [-0.4, -0.2) is 69.0 Å². The maximum Gasteiger partial charge on any atom is 0.292 e. The first-order valence-corrected chi connectivity index (χ1v) is 12.9. The largest absolute Gasteiger partial charge is 0.377 e. The van der Waals surface area contributed by atoms with Gasteiger partial charge in [-0.2, -0.15) is 4.31 Å². The molecule has 2 aliphatic rings. The zero-order valence-electron chi connectivity index (χ0n) is 19.5. The van der Waals surface area contributed by atoms with Gasteiger partial charge in [-0.15, -0.1) is 0 Å². The lowest BCUT2D eigenvalue weighted by Gasteiger charge is -2.35. The lowest BCUT2D eigenvalue weighted by atomic mass is 10.2. The minimum absolute atomic E-state index is 0.00401. The predicted molar refractivity (Wildman–Crippen MR) is 132 cm³/mol. The highest BCUT2D eigenvalue weighted by Crippen LogP contribution is 2.31. The summed E-state index contributed by atoms with van der Waals surface area (Å²) in [6.07, 6.45) is 1.95. The molecule has 0 aliphatic carbocycles. The van der Waals surface area contributed by atoms with E-state index in [2.05, 4.69) is 10.6 Å². The topological polar surface area (TPSA) is 134 Å². The number of nitro groups is 1. The van der Waals surface area contributed by atoms with Crippen LogP contribution in [0, 0.1) is 10.1 Å². The zero-order chi connectivity index (χ0) is 25.0. The second-order valence-electron chi connectivity index (χ2n) is 8.57. The van der Waals surface area contributed by atoms with E-state index in [1.165, 1.54) is 29.4 Å². The Morgan fingerprint density at radius 2 is 1.86 bits per heavy atom. The second-order valence-corrected chi connectivity index (χ2v) is 10.5. The monoisotopic (exact) mass is 503 g/mol. The van der Waals surface area contributed by atoms with Crippen molar-refractivity contribution in [3.8, 4) is 0 Å². The molecule has 11 nitrogen and oxygen atoms in total. The van der Waals surface area contributed by atoms with Crippen LogP contribution >= 0.6 is 0 Å². The van der Waals surface area contributed by atoms with Crippen LogP contribution in [0.25, 0.3) is 0 Å². The van der Waals surface area contributed by atoms with Crippen molar-refractivity contribution in [1.29, 1.82) is 0 Å². The molecule has 2 fully saturated rings. The second kappa shape index (κ2) is 10.6. The van der Waals surface area contributed by atoms with E-state index in [0.29, 0.717) is 37.6 Å². The molecule has 1 unspecified atom stereocenters. The van der Waals surface area contributed by atoms with E-state index in [1.54, 1.807) is 24.3 Å². The summed E-state index contributed by atoms with van der Waals surface area (Å²) in [7, 11) is -3.68. The molecule has 2 aromatic carbocycles. The van der Waals surface area contributed by atoms with Gasteiger partial charge < -0.3 is 20.3 Å². The van der Waals surface area contributed by atoms with Crippen molar-refractivity contribution < 1.29 is 22.9 Å². The SMILES string of the molecule is CC(=O)Nc1ccc(S(=O)(=O)N2CCN(c3ccc([N+](=O)[O-])c(NCC4CCCO4)c3)CC2)cc1. The summed E-state index contributed by atoms with van der Waals surface area (Å²) in [4.78, 5) is 24.4. The number of nitrogens with one attached hydrogen (secondary N) is 2. The van der Waals surface area contributed by atoms with Crippen molar-refractivity contribution in [2.24, 2.45) is 0 Å². The molecule has 0 saturated carbocycles. The first kappa shape index (κ1) is 24.9. The van der Waals surface area contributed by atoms with E-state index >= 15 is 0 Å². The van der Waals surface area contributed by atoms with Crippen LogP contribution in [0.2, 0.25) is 0 Å². The lowest BCUT2D eigenvalue weighted by Crippen LogP contribution is -2.48. The molecule has 0 radical (unpaired) electrons. The van der Waals surface area contributed by atoms with Crippen LogP contribution in [0.1, 0.15) is 19.8 Å². The number of anilines is 3. The number of carbonyl (C=O) groups is 1. The van der Waals surface area contributed by atoms with Crippen LogP contribution in [0.3, 0.4) is 0 Å². The fraction of sp³-hybridized carbons (Fsp3) is 0.435. The van der Waals surface area contributed by atoms with Crippen LogP contribution < -0.4 is 15.5 Å². The number of carbonyl (C=O) groups excluding carboxylic acids is 1. The fourth-order valence-corrected chi connectivity index (χ4v) is 5.72. The Kier molecular flexibility index (Phi) is 7.53. The number of nitrogens with zero attached hydrogens (tertiary/aromatic N) is 3. The molecule has 1 atom stereocenters. The number of hydrogen-bond donors (Lipinski definition) is 2. The van der Waals surface area contributed by atoms with Crippen molar-refractivity contribution in [1.82, 2.24) is 4.31 Å². The number of amides is 1. The summed E-state index contributed by atoms with van der Waals surface area (Å²) in [5.74, 6) is -0.229. The molecule has 2 aromatic rings. The molecule has 188 valence electrons. The van der Waals surface area contributed by atoms with Gasteiger partial charge in [0.15, 0.2) is 0 Å². The number of hydrogen-bond acceptors (Lipinski definition) is 8.